The molecule has 1 heterocycles. The maximum atomic E-state index is 9.36. The molecule has 0 radical (unpaired) electrons. The number of rotatable bonds is 1. The van der Waals surface area contributed by atoms with Crippen LogP contribution in [-0.4, -0.2) is 12.6 Å². The fraction of sp³-hybridized carbons (Fsp3) is 0.533. The number of hydrogen-bond donors (Lipinski definition) is 0. The first-order chi connectivity index (χ1) is 8.81. The van der Waals surface area contributed by atoms with Crippen LogP contribution in [0.5, 0.6) is 0 Å². The highest BCUT2D eigenvalue weighted by molar-refractivity contribution is 9.10. The van der Waals surface area contributed by atoms with Crippen molar-refractivity contribution in [1.29, 1.82) is 5.26 Å². The van der Waals surface area contributed by atoms with E-state index >= 15 is 0 Å². The van der Waals surface area contributed by atoms with E-state index in [4.69, 9.17) is 0 Å². The molecule has 1 aromatic rings. The Morgan fingerprint density at radius 2 is 2.06 bits per heavy atom. The number of nitrogens with zero attached hydrogens (tertiary/aromatic N) is 2. The van der Waals surface area contributed by atoms with E-state index in [2.05, 4.69) is 33.0 Å². The van der Waals surface area contributed by atoms with Crippen LogP contribution in [0.4, 0.5) is 5.69 Å². The van der Waals surface area contributed by atoms with Gasteiger partial charge >= 0.3 is 0 Å². The van der Waals surface area contributed by atoms with Gasteiger partial charge in [0.1, 0.15) is 6.07 Å². The summed E-state index contributed by atoms with van der Waals surface area (Å²) in [6.45, 7) is 1.10. The van der Waals surface area contributed by atoms with Crippen LogP contribution in [-0.2, 0) is 0 Å². The predicted molar refractivity (Wildman–Crippen MR) is 76.6 cm³/mol. The van der Waals surface area contributed by atoms with Gasteiger partial charge in [-0.3, -0.25) is 0 Å². The van der Waals surface area contributed by atoms with Gasteiger partial charge in [0.15, 0.2) is 0 Å². The molecule has 0 spiro atoms. The summed E-state index contributed by atoms with van der Waals surface area (Å²) in [5.74, 6) is 0.851. The molecule has 3 rings (SSSR count). The normalized spacial score (nSPS) is 26.8. The number of anilines is 1. The molecule has 18 heavy (non-hydrogen) atoms. The van der Waals surface area contributed by atoms with Crippen molar-refractivity contribution in [3.8, 4) is 6.07 Å². The Labute approximate surface area is 117 Å². The minimum absolute atomic E-state index is 0.667. The molecule has 94 valence electrons. The molecular formula is C15H17BrN2. The van der Waals surface area contributed by atoms with E-state index in [0.717, 1.165) is 28.2 Å². The number of nitriles is 1. The first-order valence-corrected chi connectivity index (χ1v) is 7.56. The summed E-state index contributed by atoms with van der Waals surface area (Å²) < 4.78 is 0.919. The van der Waals surface area contributed by atoms with Gasteiger partial charge in [0.2, 0.25) is 0 Å². The number of hydrogen-bond acceptors (Lipinski definition) is 2. The van der Waals surface area contributed by atoms with Crippen LogP contribution in [0.15, 0.2) is 22.7 Å². The number of benzene rings is 1. The standard InChI is InChI=1S/C15H17BrN2/c16-13-6-2-8-15(12(13)10-17)18-9-3-5-11-4-1-7-14(11)18/h2,6,8,11,14H,1,3-5,7,9H2. The second kappa shape index (κ2) is 4.93. The van der Waals surface area contributed by atoms with Gasteiger partial charge < -0.3 is 4.90 Å². The molecule has 2 unspecified atom stereocenters. The summed E-state index contributed by atoms with van der Waals surface area (Å²) in [4.78, 5) is 2.49. The van der Waals surface area contributed by atoms with E-state index in [0.29, 0.717) is 6.04 Å². The molecule has 0 bridgehead atoms. The fourth-order valence-electron chi connectivity index (χ4n) is 3.62. The number of fused-ring (bicyclic) bond motifs is 1. The molecule has 2 atom stereocenters. The predicted octanol–water partition coefficient (Wildman–Crippen LogP) is 4.09. The van der Waals surface area contributed by atoms with Crippen molar-refractivity contribution < 1.29 is 0 Å². The molecule has 1 saturated carbocycles. The summed E-state index contributed by atoms with van der Waals surface area (Å²) in [7, 11) is 0. The average molecular weight is 305 g/mol. The molecule has 1 saturated heterocycles. The maximum absolute atomic E-state index is 9.36. The lowest BCUT2D eigenvalue weighted by Gasteiger charge is -2.40. The fourth-order valence-corrected chi connectivity index (χ4v) is 4.06. The monoisotopic (exact) mass is 304 g/mol. The first kappa shape index (κ1) is 12.0. The third-order valence-corrected chi connectivity index (χ3v) is 5.07. The van der Waals surface area contributed by atoms with Crippen molar-refractivity contribution in [2.75, 3.05) is 11.4 Å². The average Bonchev–Trinajstić information content (AvgIpc) is 2.86. The van der Waals surface area contributed by atoms with Gasteiger partial charge in [0, 0.05) is 17.1 Å². The zero-order valence-corrected chi connectivity index (χ0v) is 12.0. The molecule has 2 nitrogen and oxygen atoms in total. The summed E-state index contributed by atoms with van der Waals surface area (Å²) in [5.41, 5.74) is 1.92. The molecule has 1 aromatic carbocycles. The SMILES string of the molecule is N#Cc1c(Br)cccc1N1CCCC2CCCC21. The second-order valence-corrected chi connectivity index (χ2v) is 6.19. The highest BCUT2D eigenvalue weighted by atomic mass is 79.9. The van der Waals surface area contributed by atoms with E-state index in [-0.39, 0.29) is 0 Å². The largest absolute Gasteiger partial charge is 0.367 e. The Kier molecular flexibility index (Phi) is 3.30. The van der Waals surface area contributed by atoms with Crippen LogP contribution >= 0.6 is 15.9 Å². The van der Waals surface area contributed by atoms with Crippen LogP contribution in [0.3, 0.4) is 0 Å². The Morgan fingerprint density at radius 1 is 1.22 bits per heavy atom. The van der Waals surface area contributed by atoms with Crippen LogP contribution in [0.1, 0.15) is 37.7 Å². The first-order valence-electron chi connectivity index (χ1n) is 6.76. The zero-order chi connectivity index (χ0) is 12.5. The Balaban J connectivity index is 1.99. The molecular weight excluding hydrogens is 288 g/mol. The topological polar surface area (TPSA) is 27.0 Å². The van der Waals surface area contributed by atoms with E-state index in [9.17, 15) is 5.26 Å². The molecule has 1 aliphatic carbocycles. The molecule has 2 fully saturated rings. The lowest BCUT2D eigenvalue weighted by atomic mass is 9.91. The number of halogens is 1. The molecule has 2 aliphatic rings. The van der Waals surface area contributed by atoms with Gasteiger partial charge in [-0.1, -0.05) is 12.5 Å². The lowest BCUT2D eigenvalue weighted by Crippen LogP contribution is -2.43. The maximum Gasteiger partial charge on any atom is 0.103 e. The highest BCUT2D eigenvalue weighted by Gasteiger charge is 2.35. The summed E-state index contributed by atoms with van der Waals surface area (Å²) >= 11 is 3.50. The van der Waals surface area contributed by atoms with Crippen LogP contribution < -0.4 is 4.90 Å². The zero-order valence-electron chi connectivity index (χ0n) is 10.4. The van der Waals surface area contributed by atoms with E-state index in [1.807, 2.05) is 12.1 Å². The molecule has 3 heteroatoms. The van der Waals surface area contributed by atoms with E-state index in [1.165, 1.54) is 32.1 Å². The van der Waals surface area contributed by atoms with Crippen molar-refractivity contribution >= 4 is 21.6 Å². The quantitative estimate of drug-likeness (QED) is 0.781. The number of piperidine rings is 1. The molecule has 0 aromatic heterocycles. The van der Waals surface area contributed by atoms with Gasteiger partial charge in [-0.25, -0.2) is 0 Å². The van der Waals surface area contributed by atoms with Crippen LogP contribution in [0, 0.1) is 17.2 Å². The summed E-state index contributed by atoms with van der Waals surface area (Å²) in [6, 6.07) is 9.12. The van der Waals surface area contributed by atoms with Gasteiger partial charge in [-0.05, 0) is 59.7 Å². The van der Waals surface area contributed by atoms with Gasteiger partial charge in [0.05, 0.1) is 11.3 Å². The summed E-state index contributed by atoms with van der Waals surface area (Å²) in [5, 5.41) is 9.36. The summed E-state index contributed by atoms with van der Waals surface area (Å²) in [6.07, 6.45) is 6.65. The van der Waals surface area contributed by atoms with Crippen LogP contribution in [0.2, 0.25) is 0 Å². The van der Waals surface area contributed by atoms with Crippen LogP contribution in [0.25, 0.3) is 0 Å². The van der Waals surface area contributed by atoms with E-state index < -0.39 is 0 Å². The minimum Gasteiger partial charge on any atom is -0.367 e. The Morgan fingerprint density at radius 3 is 2.89 bits per heavy atom. The third-order valence-electron chi connectivity index (χ3n) is 4.41. The highest BCUT2D eigenvalue weighted by Crippen LogP contribution is 2.40. The Hall–Kier alpha value is -1.01. The molecule has 0 N–H and O–H groups in total. The van der Waals surface area contributed by atoms with Gasteiger partial charge in [-0.15, -0.1) is 0 Å². The smallest absolute Gasteiger partial charge is 0.103 e. The third kappa shape index (κ3) is 1.93. The lowest BCUT2D eigenvalue weighted by molar-refractivity contribution is 0.362. The Bertz CT molecular complexity index is 492. The van der Waals surface area contributed by atoms with Crippen molar-refractivity contribution in [3.05, 3.63) is 28.2 Å². The van der Waals surface area contributed by atoms with Crippen molar-refractivity contribution in [1.82, 2.24) is 0 Å². The van der Waals surface area contributed by atoms with Gasteiger partial charge in [-0.2, -0.15) is 5.26 Å². The van der Waals surface area contributed by atoms with Crippen molar-refractivity contribution in [3.63, 3.8) is 0 Å². The minimum atomic E-state index is 0.667. The van der Waals surface area contributed by atoms with Crippen molar-refractivity contribution in [2.45, 2.75) is 38.1 Å². The van der Waals surface area contributed by atoms with E-state index in [1.54, 1.807) is 0 Å². The van der Waals surface area contributed by atoms with Gasteiger partial charge in [0.25, 0.3) is 0 Å². The molecule has 0 amide bonds. The molecule has 1 aliphatic heterocycles. The second-order valence-electron chi connectivity index (χ2n) is 5.34. The van der Waals surface area contributed by atoms with Crippen molar-refractivity contribution in [2.24, 2.45) is 5.92 Å².